The Balaban J connectivity index is 1.34. The Labute approximate surface area is 195 Å². The molecule has 1 fully saturated rings. The normalized spacial score (nSPS) is 19.5. The maximum atomic E-state index is 14.5. The van der Waals surface area contributed by atoms with E-state index in [-0.39, 0.29) is 18.0 Å². The lowest BCUT2D eigenvalue weighted by atomic mass is 9.90. The van der Waals surface area contributed by atoms with Gasteiger partial charge in [0.05, 0.1) is 5.69 Å². The highest BCUT2D eigenvalue weighted by molar-refractivity contribution is 7.18. The number of fused-ring (bicyclic) bond motifs is 2. The average molecular weight is 470 g/mol. The van der Waals surface area contributed by atoms with Gasteiger partial charge >= 0.3 is 6.09 Å². The topological polar surface area (TPSA) is 65.2 Å². The number of nitrogens with zero attached hydrogens (tertiary/aromatic N) is 5. The van der Waals surface area contributed by atoms with Crippen LogP contribution in [0.5, 0.6) is 0 Å². The number of halogens is 1. The van der Waals surface area contributed by atoms with Gasteiger partial charge in [0.15, 0.2) is 5.82 Å². The van der Waals surface area contributed by atoms with E-state index < -0.39 is 5.60 Å². The second kappa shape index (κ2) is 7.83. The van der Waals surface area contributed by atoms with Crippen molar-refractivity contribution in [3.8, 4) is 5.69 Å². The molecule has 1 aliphatic rings. The second-order valence-corrected chi connectivity index (χ2v) is 11.0. The van der Waals surface area contributed by atoms with Crippen LogP contribution in [0.3, 0.4) is 0 Å². The van der Waals surface area contributed by atoms with Gasteiger partial charge in [-0.1, -0.05) is 0 Å². The number of likely N-dealkylation sites (tertiary alicyclic amines) is 1. The highest BCUT2D eigenvalue weighted by Gasteiger charge is 2.33. The third kappa shape index (κ3) is 4.21. The summed E-state index contributed by atoms with van der Waals surface area (Å²) in [6.07, 6.45) is 5.31. The summed E-state index contributed by atoms with van der Waals surface area (Å²) in [7, 11) is 1.78. The SMILES string of the molecule is CC1CC(c2cc3cn(-c4cc(F)c5nn(C)cc5c4)nc3s2)CCN1C(=O)OC(C)(C)C. The van der Waals surface area contributed by atoms with Crippen LogP contribution in [-0.4, -0.2) is 48.7 Å². The molecule has 0 aliphatic carbocycles. The minimum atomic E-state index is -0.490. The molecule has 1 aromatic carbocycles. The van der Waals surface area contributed by atoms with Gasteiger partial charge in [0.2, 0.25) is 0 Å². The molecule has 1 saturated heterocycles. The first-order valence-corrected chi connectivity index (χ1v) is 12.0. The Kier molecular flexibility index (Phi) is 5.19. The zero-order valence-corrected chi connectivity index (χ0v) is 20.3. The number of aromatic nitrogens is 4. The van der Waals surface area contributed by atoms with Gasteiger partial charge in [-0.25, -0.2) is 13.9 Å². The van der Waals surface area contributed by atoms with E-state index in [0.717, 1.165) is 28.4 Å². The molecule has 7 nitrogen and oxygen atoms in total. The molecule has 0 spiro atoms. The molecule has 0 bridgehead atoms. The van der Waals surface area contributed by atoms with E-state index in [4.69, 9.17) is 9.84 Å². The van der Waals surface area contributed by atoms with Crippen LogP contribution in [0.15, 0.2) is 30.6 Å². The van der Waals surface area contributed by atoms with E-state index in [0.29, 0.717) is 23.7 Å². The maximum Gasteiger partial charge on any atom is 0.410 e. The molecule has 5 rings (SSSR count). The van der Waals surface area contributed by atoms with Gasteiger partial charge in [-0.2, -0.15) is 10.2 Å². The number of carbonyl (C=O) groups excluding carboxylic acids is 1. The van der Waals surface area contributed by atoms with Gasteiger partial charge in [0.1, 0.15) is 15.9 Å². The van der Waals surface area contributed by atoms with Crippen LogP contribution in [0, 0.1) is 5.82 Å². The molecular weight excluding hydrogens is 441 g/mol. The summed E-state index contributed by atoms with van der Waals surface area (Å²) in [6, 6.07) is 5.67. The standard InChI is InChI=1S/C24H28FN5O2S/c1-14-8-15(6-7-29(14)23(31)32-24(2,3)4)20-10-17-13-30(27-22(17)33-20)18-9-16-12-28(5)26-21(16)19(25)11-18/h9-15H,6-8H2,1-5H3. The smallest absolute Gasteiger partial charge is 0.410 e. The molecule has 3 aromatic heterocycles. The molecule has 4 heterocycles. The van der Waals surface area contributed by atoms with Crippen molar-refractivity contribution in [2.45, 2.75) is 58.1 Å². The molecule has 0 radical (unpaired) electrons. The summed E-state index contributed by atoms with van der Waals surface area (Å²) < 4.78 is 23.4. The van der Waals surface area contributed by atoms with E-state index in [1.165, 1.54) is 10.9 Å². The van der Waals surface area contributed by atoms with E-state index in [9.17, 15) is 9.18 Å². The van der Waals surface area contributed by atoms with Crippen LogP contribution < -0.4 is 0 Å². The first-order chi connectivity index (χ1) is 15.6. The number of aryl methyl sites for hydroxylation is 1. The minimum Gasteiger partial charge on any atom is -0.444 e. The van der Waals surface area contributed by atoms with Gasteiger partial charge < -0.3 is 9.64 Å². The fraction of sp³-hybridized carbons (Fsp3) is 0.458. The summed E-state index contributed by atoms with van der Waals surface area (Å²) >= 11 is 1.68. The Morgan fingerprint density at radius 2 is 1.97 bits per heavy atom. The molecule has 1 amide bonds. The van der Waals surface area contributed by atoms with Crippen LogP contribution in [-0.2, 0) is 11.8 Å². The third-order valence-corrected chi connectivity index (χ3v) is 7.25. The number of carbonyl (C=O) groups is 1. The number of piperidine rings is 1. The zero-order chi connectivity index (χ0) is 23.5. The molecular formula is C24H28FN5O2S. The molecule has 4 aromatic rings. The number of hydrogen-bond acceptors (Lipinski definition) is 5. The Bertz CT molecular complexity index is 1320. The molecule has 0 N–H and O–H groups in total. The first kappa shape index (κ1) is 21.9. The van der Waals surface area contributed by atoms with Crippen molar-refractivity contribution in [2.75, 3.05) is 6.54 Å². The molecule has 174 valence electrons. The van der Waals surface area contributed by atoms with Crippen LogP contribution in [0.25, 0.3) is 26.8 Å². The van der Waals surface area contributed by atoms with Crippen molar-refractivity contribution in [3.05, 3.63) is 41.3 Å². The lowest BCUT2D eigenvalue weighted by Crippen LogP contribution is -2.46. The van der Waals surface area contributed by atoms with Crippen LogP contribution in [0.1, 0.15) is 51.3 Å². The molecule has 9 heteroatoms. The number of thiophene rings is 1. The van der Waals surface area contributed by atoms with Crippen LogP contribution in [0.4, 0.5) is 9.18 Å². The maximum absolute atomic E-state index is 14.5. The first-order valence-electron chi connectivity index (χ1n) is 11.2. The lowest BCUT2D eigenvalue weighted by Gasteiger charge is -2.38. The van der Waals surface area contributed by atoms with Crippen molar-refractivity contribution >= 4 is 38.5 Å². The summed E-state index contributed by atoms with van der Waals surface area (Å²) in [4.78, 5) is 16.6. The minimum absolute atomic E-state index is 0.113. The molecule has 0 saturated carbocycles. The van der Waals surface area contributed by atoms with Crippen molar-refractivity contribution in [1.82, 2.24) is 24.5 Å². The van der Waals surface area contributed by atoms with Crippen molar-refractivity contribution in [1.29, 1.82) is 0 Å². The lowest BCUT2D eigenvalue weighted by molar-refractivity contribution is 0.0104. The number of amides is 1. The number of rotatable bonds is 2. The fourth-order valence-corrected chi connectivity index (χ4v) is 5.68. The highest BCUT2D eigenvalue weighted by Crippen LogP contribution is 2.38. The van der Waals surface area contributed by atoms with Crippen molar-refractivity contribution in [2.24, 2.45) is 7.05 Å². The van der Waals surface area contributed by atoms with Gasteiger partial charge in [-0.3, -0.25) is 4.68 Å². The molecule has 2 unspecified atom stereocenters. The number of hydrogen-bond donors (Lipinski definition) is 0. The largest absolute Gasteiger partial charge is 0.444 e. The predicted molar refractivity (Wildman–Crippen MR) is 128 cm³/mol. The quantitative estimate of drug-likeness (QED) is 0.382. The Hall–Kier alpha value is -2.94. The van der Waals surface area contributed by atoms with E-state index in [1.54, 1.807) is 33.9 Å². The fourth-order valence-electron chi connectivity index (χ4n) is 4.53. The van der Waals surface area contributed by atoms with Gasteiger partial charge in [-0.05, 0) is 58.6 Å². The van der Waals surface area contributed by atoms with Crippen LogP contribution in [0.2, 0.25) is 0 Å². The molecule has 33 heavy (non-hydrogen) atoms. The summed E-state index contributed by atoms with van der Waals surface area (Å²) in [5, 5.41) is 10.7. The van der Waals surface area contributed by atoms with Gasteiger partial charge in [0, 0.05) is 53.7 Å². The summed E-state index contributed by atoms with van der Waals surface area (Å²) in [5.41, 5.74) is 0.553. The second-order valence-electron chi connectivity index (χ2n) is 9.90. The average Bonchev–Trinajstić information content (AvgIpc) is 3.38. The summed E-state index contributed by atoms with van der Waals surface area (Å²) in [6.45, 7) is 8.44. The number of benzene rings is 1. The monoisotopic (exact) mass is 469 g/mol. The van der Waals surface area contributed by atoms with Gasteiger partial charge in [0.25, 0.3) is 0 Å². The number of ether oxygens (including phenoxy) is 1. The van der Waals surface area contributed by atoms with Crippen LogP contribution >= 0.6 is 11.3 Å². The van der Waals surface area contributed by atoms with E-state index >= 15 is 0 Å². The van der Waals surface area contributed by atoms with E-state index in [1.807, 2.05) is 37.9 Å². The molecule has 1 aliphatic heterocycles. The van der Waals surface area contributed by atoms with Gasteiger partial charge in [-0.15, -0.1) is 11.3 Å². The third-order valence-electron chi connectivity index (χ3n) is 6.05. The van der Waals surface area contributed by atoms with E-state index in [2.05, 4.69) is 18.1 Å². The summed E-state index contributed by atoms with van der Waals surface area (Å²) in [5.74, 6) is 0.0314. The Morgan fingerprint density at radius 1 is 1.18 bits per heavy atom. The predicted octanol–water partition coefficient (Wildman–Crippen LogP) is 5.62. The highest BCUT2D eigenvalue weighted by atomic mass is 32.1. The Morgan fingerprint density at radius 3 is 2.67 bits per heavy atom. The van der Waals surface area contributed by atoms with Crippen molar-refractivity contribution < 1.29 is 13.9 Å². The zero-order valence-electron chi connectivity index (χ0n) is 19.5. The van der Waals surface area contributed by atoms with Crippen molar-refractivity contribution in [3.63, 3.8) is 0 Å². The molecule has 2 atom stereocenters.